The van der Waals surface area contributed by atoms with Gasteiger partial charge in [-0.1, -0.05) is 0 Å². The van der Waals surface area contributed by atoms with Crippen LogP contribution in [0.15, 0.2) is 0 Å². The molecule has 0 N–H and O–H groups in total. The number of nitrogens with zero attached hydrogens (tertiary/aromatic N) is 6. The molecular weight excluding hydrogens is 753 g/mol. The number of methoxy groups -OCH3 is 3. The number of rotatable bonds is 3. The zero-order valence-electron chi connectivity index (χ0n) is 27.1. The summed E-state index contributed by atoms with van der Waals surface area (Å²) >= 11 is 1.31. The molecule has 0 saturated heterocycles. The number of aromatic nitrogens is 6. The van der Waals surface area contributed by atoms with Crippen LogP contribution in [0.1, 0.15) is 55.1 Å². The molecule has 6 heterocycles. The molecule has 6 aromatic rings. The normalized spacial score (nSPS) is 12.0. The first-order valence-corrected chi connectivity index (χ1v) is 19.1. The molecule has 230 valence electrons. The fourth-order valence-electron chi connectivity index (χ4n) is 5.04. The molecule has 0 bridgehead atoms. The van der Waals surface area contributed by atoms with Gasteiger partial charge in [0.2, 0.25) is 0 Å². The molecule has 9 nitrogen and oxygen atoms in total. The van der Waals surface area contributed by atoms with Crippen molar-refractivity contribution >= 4 is 88.1 Å². The van der Waals surface area contributed by atoms with Crippen molar-refractivity contribution in [3.63, 3.8) is 0 Å². The average Bonchev–Trinajstić information content (AvgIpc) is 3.53. The van der Waals surface area contributed by atoms with Crippen LogP contribution in [0.25, 0.3) is 44.6 Å². The van der Waals surface area contributed by atoms with E-state index in [9.17, 15) is 0 Å². The molecule has 0 aliphatic heterocycles. The van der Waals surface area contributed by atoms with Gasteiger partial charge >= 0.3 is 277 Å². The van der Waals surface area contributed by atoms with Gasteiger partial charge in [-0.2, -0.15) is 0 Å². The van der Waals surface area contributed by atoms with Crippen molar-refractivity contribution in [2.75, 3.05) is 21.3 Å². The Morgan fingerprint density at radius 2 is 0.659 bits per heavy atom. The van der Waals surface area contributed by atoms with Crippen LogP contribution < -0.4 is 4.74 Å². The molecule has 0 atom stereocenters. The topological polar surface area (TPSA) is 105 Å². The van der Waals surface area contributed by atoms with E-state index in [2.05, 4.69) is 71.4 Å². The summed E-state index contributed by atoms with van der Waals surface area (Å²) in [5.74, 6) is 2.07. The van der Waals surface area contributed by atoms with E-state index in [0.717, 1.165) is 61.6 Å². The Morgan fingerprint density at radius 3 is 0.977 bits per heavy atom. The fourth-order valence-corrected chi connectivity index (χ4v) is 10.9. The first-order valence-electron chi connectivity index (χ1n) is 14.0. The van der Waals surface area contributed by atoms with Gasteiger partial charge in [0.1, 0.15) is 0 Å². The summed E-state index contributed by atoms with van der Waals surface area (Å²) in [6.07, 6.45) is 0. The summed E-state index contributed by atoms with van der Waals surface area (Å²) in [6, 6.07) is 0. The van der Waals surface area contributed by atoms with Gasteiger partial charge in [-0.3, -0.25) is 0 Å². The van der Waals surface area contributed by atoms with Gasteiger partial charge in [-0.05, 0) is 0 Å². The van der Waals surface area contributed by atoms with Crippen molar-refractivity contribution in [3.05, 3.63) is 55.1 Å². The zero-order valence-corrected chi connectivity index (χ0v) is 32.3. The first-order chi connectivity index (χ1) is 20.9. The molecule has 0 fully saturated rings. The third-order valence-corrected chi connectivity index (χ3v) is 13.7. The zero-order chi connectivity index (χ0) is 32.0. The SMILES string of the molecule is COC1=C(OC)c2nc3c(C)[se]c(C)c3nc21.COc1nc2c(C)[se]c(C)c2nc1C.Cc1nc2c(C)[se]c(C)c2nc1C. The van der Waals surface area contributed by atoms with E-state index in [1.54, 1.807) is 21.3 Å². The van der Waals surface area contributed by atoms with Crippen molar-refractivity contribution < 1.29 is 14.2 Å². The summed E-state index contributed by atoms with van der Waals surface area (Å²) in [5.41, 5.74) is 11.1. The second kappa shape index (κ2) is 12.9. The molecule has 1 aliphatic carbocycles. The predicted octanol–water partition coefficient (Wildman–Crippen LogP) is 5.28. The van der Waals surface area contributed by atoms with E-state index < -0.39 is 0 Å². The van der Waals surface area contributed by atoms with E-state index in [1.807, 2.05) is 20.8 Å². The number of hydrogen-bond donors (Lipinski definition) is 0. The summed E-state index contributed by atoms with van der Waals surface area (Å²) in [7, 11) is 4.89. The van der Waals surface area contributed by atoms with Gasteiger partial charge < -0.3 is 0 Å². The van der Waals surface area contributed by atoms with E-state index >= 15 is 0 Å². The van der Waals surface area contributed by atoms with Crippen LogP contribution >= 0.6 is 0 Å². The van der Waals surface area contributed by atoms with Gasteiger partial charge in [-0.15, -0.1) is 0 Å². The van der Waals surface area contributed by atoms with Crippen LogP contribution in [0, 0.1) is 62.3 Å². The molecule has 44 heavy (non-hydrogen) atoms. The van der Waals surface area contributed by atoms with Crippen LogP contribution in [-0.2, 0) is 9.47 Å². The van der Waals surface area contributed by atoms with Crippen molar-refractivity contribution in [2.45, 2.75) is 62.3 Å². The Labute approximate surface area is 275 Å². The summed E-state index contributed by atoms with van der Waals surface area (Å²) < 4.78 is 23.9. The third-order valence-electron chi connectivity index (χ3n) is 7.39. The molecule has 0 amide bonds. The molecule has 0 aromatic carbocycles. The van der Waals surface area contributed by atoms with Crippen LogP contribution in [0.2, 0.25) is 0 Å². The standard InChI is InChI=1S/C12H12N2O2Se.C10H12N2OSe.C10H12N2Se/c1-5-7-8(6(2)17-5)14-10-9(13-7)11(15-3)12(10)16-4;1-5-10(13-4)12-9-7(3)14-6(2)8(9)11-5;1-5-6(2)12-10-8(4)13-7(3)9(10)11-5/h1-4H3;1-4H3;1-4H3. The number of aryl methyl sites for hydroxylation is 9. The number of ether oxygens (including phenoxy) is 3. The maximum absolute atomic E-state index is 5.28. The molecule has 1 aliphatic rings. The van der Waals surface area contributed by atoms with Crippen molar-refractivity contribution in [3.8, 4) is 5.88 Å². The third kappa shape index (κ3) is 5.80. The van der Waals surface area contributed by atoms with Gasteiger partial charge in [0.25, 0.3) is 0 Å². The molecule has 0 saturated carbocycles. The van der Waals surface area contributed by atoms with E-state index in [-0.39, 0.29) is 0 Å². The van der Waals surface area contributed by atoms with Gasteiger partial charge in [-0.25, -0.2) is 0 Å². The van der Waals surface area contributed by atoms with E-state index in [1.165, 1.54) is 26.6 Å². The Balaban J connectivity index is 0.000000132. The average molecular weight is 790 g/mol. The summed E-state index contributed by atoms with van der Waals surface area (Å²) in [4.78, 5) is 27.5. The Morgan fingerprint density at radius 1 is 0.364 bits per heavy atom. The van der Waals surface area contributed by atoms with Crippen molar-refractivity contribution in [1.29, 1.82) is 0 Å². The molecule has 0 radical (unpaired) electrons. The molecule has 7 rings (SSSR count). The Kier molecular flexibility index (Phi) is 9.52. The van der Waals surface area contributed by atoms with Crippen LogP contribution in [0.4, 0.5) is 0 Å². The summed E-state index contributed by atoms with van der Waals surface area (Å²) in [6.45, 7) is 18.8. The van der Waals surface area contributed by atoms with E-state index in [4.69, 9.17) is 14.2 Å². The molecule has 12 heteroatoms. The minimum atomic E-state index is 0.392. The quantitative estimate of drug-likeness (QED) is 0.222. The van der Waals surface area contributed by atoms with Gasteiger partial charge in [0.15, 0.2) is 0 Å². The summed E-state index contributed by atoms with van der Waals surface area (Å²) in [5, 5.41) is 0. The first kappa shape index (κ1) is 32.5. The maximum atomic E-state index is 5.28. The molecule has 6 aromatic heterocycles. The second-order valence-corrected chi connectivity index (χ2v) is 19.4. The predicted molar refractivity (Wildman–Crippen MR) is 179 cm³/mol. The van der Waals surface area contributed by atoms with Crippen molar-refractivity contribution in [2.24, 2.45) is 0 Å². The van der Waals surface area contributed by atoms with Crippen LogP contribution in [-0.4, -0.2) is 94.7 Å². The van der Waals surface area contributed by atoms with E-state index in [0.29, 0.717) is 60.9 Å². The van der Waals surface area contributed by atoms with Crippen molar-refractivity contribution in [1.82, 2.24) is 29.9 Å². The number of hydrogen-bond acceptors (Lipinski definition) is 9. The van der Waals surface area contributed by atoms with Crippen LogP contribution in [0.3, 0.4) is 0 Å². The monoisotopic (exact) mass is 792 g/mol. The van der Waals surface area contributed by atoms with Gasteiger partial charge in [0, 0.05) is 0 Å². The molecule has 0 unspecified atom stereocenters. The number of fused-ring (bicyclic) bond motifs is 4. The minimum absolute atomic E-state index is 0.392. The Hall–Kier alpha value is -2.84. The molecule has 0 spiro atoms. The molecular formula is C32H36N6O3Se3. The van der Waals surface area contributed by atoms with Gasteiger partial charge in [0.05, 0.1) is 0 Å². The second-order valence-electron chi connectivity index (χ2n) is 10.4. The fraction of sp³-hybridized carbons (Fsp3) is 0.375. The Bertz CT molecular complexity index is 1990. The van der Waals surface area contributed by atoms with Crippen LogP contribution in [0.5, 0.6) is 5.88 Å².